The number of nitro benzene ring substituents is 1. The highest BCUT2D eigenvalue weighted by molar-refractivity contribution is 8.26. The molecule has 0 saturated carbocycles. The first-order chi connectivity index (χ1) is 12.9. The van der Waals surface area contributed by atoms with E-state index in [2.05, 4.69) is 5.43 Å². The van der Waals surface area contributed by atoms with Gasteiger partial charge in [0, 0.05) is 11.6 Å². The van der Waals surface area contributed by atoms with E-state index in [0.29, 0.717) is 5.56 Å². The van der Waals surface area contributed by atoms with Crippen molar-refractivity contribution in [1.82, 2.24) is 10.4 Å². The molecule has 0 spiro atoms. The summed E-state index contributed by atoms with van der Waals surface area (Å²) in [7, 11) is 0. The monoisotopic (exact) mass is 399 g/mol. The van der Waals surface area contributed by atoms with E-state index in [-0.39, 0.29) is 20.5 Å². The van der Waals surface area contributed by atoms with Crippen LogP contribution in [0.25, 0.3) is 6.08 Å². The molecule has 0 radical (unpaired) electrons. The minimum Gasteiger partial charge on any atom is -0.267 e. The number of hydrogen-bond donors (Lipinski definition) is 1. The van der Waals surface area contributed by atoms with Crippen LogP contribution in [0.5, 0.6) is 0 Å². The Morgan fingerprint density at radius 3 is 2.59 bits per heavy atom. The van der Waals surface area contributed by atoms with Crippen molar-refractivity contribution in [3.05, 3.63) is 80.2 Å². The lowest BCUT2D eigenvalue weighted by molar-refractivity contribution is -0.385. The van der Waals surface area contributed by atoms with Gasteiger partial charge in [0.25, 0.3) is 17.5 Å². The number of carbonyl (C=O) groups is 2. The molecule has 3 rings (SSSR count). The number of hydrogen-bond acceptors (Lipinski definition) is 6. The van der Waals surface area contributed by atoms with Gasteiger partial charge in [0.15, 0.2) is 4.32 Å². The van der Waals surface area contributed by atoms with Gasteiger partial charge in [-0.25, -0.2) is 0 Å². The quantitative estimate of drug-likeness (QED) is 0.366. The minimum atomic E-state index is -0.537. The Balaban J connectivity index is 1.85. The van der Waals surface area contributed by atoms with Gasteiger partial charge in [-0.2, -0.15) is 5.01 Å². The molecule has 7 nitrogen and oxygen atoms in total. The Morgan fingerprint density at radius 1 is 1.22 bits per heavy atom. The van der Waals surface area contributed by atoms with Gasteiger partial charge in [-0.15, -0.1) is 0 Å². The summed E-state index contributed by atoms with van der Waals surface area (Å²) < 4.78 is 0.145. The normalized spacial score (nSPS) is 15.3. The predicted molar refractivity (Wildman–Crippen MR) is 107 cm³/mol. The molecule has 0 aromatic heterocycles. The molecule has 27 heavy (non-hydrogen) atoms. The van der Waals surface area contributed by atoms with Crippen LogP contribution in [0.15, 0.2) is 53.4 Å². The smallest absolute Gasteiger partial charge is 0.267 e. The zero-order valence-electron chi connectivity index (χ0n) is 14.0. The molecule has 1 saturated heterocycles. The van der Waals surface area contributed by atoms with Crippen molar-refractivity contribution in [2.45, 2.75) is 6.92 Å². The van der Waals surface area contributed by atoms with E-state index in [9.17, 15) is 19.7 Å². The number of benzene rings is 2. The number of nitrogens with one attached hydrogen (secondary N) is 1. The van der Waals surface area contributed by atoms with Crippen LogP contribution in [0.2, 0.25) is 0 Å². The van der Waals surface area contributed by atoms with Crippen LogP contribution < -0.4 is 5.43 Å². The fraction of sp³-hybridized carbons (Fsp3) is 0.0556. The van der Waals surface area contributed by atoms with Crippen LogP contribution in [-0.4, -0.2) is 26.1 Å². The Labute approximate surface area is 164 Å². The summed E-state index contributed by atoms with van der Waals surface area (Å²) in [4.78, 5) is 35.9. The highest BCUT2D eigenvalue weighted by Gasteiger charge is 2.34. The first-order valence-electron chi connectivity index (χ1n) is 7.76. The molecule has 1 aliphatic heterocycles. The summed E-state index contributed by atoms with van der Waals surface area (Å²) >= 11 is 6.15. The Hall–Kier alpha value is -3.04. The number of nitro groups is 1. The van der Waals surface area contributed by atoms with Crippen LogP contribution in [0, 0.1) is 17.0 Å². The third-order valence-electron chi connectivity index (χ3n) is 3.82. The third-order valence-corrected chi connectivity index (χ3v) is 5.12. The zero-order valence-corrected chi connectivity index (χ0v) is 15.7. The van der Waals surface area contributed by atoms with Crippen molar-refractivity contribution >= 4 is 51.9 Å². The number of nitrogens with zero attached hydrogens (tertiary/aromatic N) is 2. The first kappa shape index (κ1) is 18.7. The third kappa shape index (κ3) is 3.88. The van der Waals surface area contributed by atoms with Gasteiger partial charge in [-0.05, 0) is 42.9 Å². The lowest BCUT2D eigenvalue weighted by atomic mass is 10.1. The topological polar surface area (TPSA) is 92.6 Å². The van der Waals surface area contributed by atoms with Crippen LogP contribution >= 0.6 is 24.0 Å². The number of amides is 2. The number of thiocarbonyl (C=S) groups is 1. The van der Waals surface area contributed by atoms with E-state index < -0.39 is 16.7 Å². The van der Waals surface area contributed by atoms with E-state index in [0.717, 1.165) is 22.3 Å². The number of hydrazine groups is 1. The molecule has 0 bridgehead atoms. The maximum atomic E-state index is 12.6. The molecular weight excluding hydrogens is 386 g/mol. The lowest BCUT2D eigenvalue weighted by Gasteiger charge is -2.16. The predicted octanol–water partition coefficient (Wildman–Crippen LogP) is 3.45. The van der Waals surface area contributed by atoms with Gasteiger partial charge in [0.1, 0.15) is 0 Å². The minimum absolute atomic E-state index is 0.119. The van der Waals surface area contributed by atoms with E-state index in [1.54, 1.807) is 43.3 Å². The van der Waals surface area contributed by atoms with Crippen LogP contribution in [0.3, 0.4) is 0 Å². The molecule has 2 aromatic carbocycles. The zero-order chi connectivity index (χ0) is 19.6. The second-order valence-electron chi connectivity index (χ2n) is 5.59. The summed E-state index contributed by atoms with van der Waals surface area (Å²) in [5.74, 6) is -0.999. The molecule has 2 amide bonds. The standard InChI is InChI=1S/C18H13N3O4S2/c1-11-6-2-4-8-13(11)16(22)19-20-17(23)15(27-18(20)26)10-12-7-3-5-9-14(12)21(24)25/h2-10H,1H3,(H,19,22)/b15-10-. The van der Waals surface area contributed by atoms with Crippen molar-refractivity contribution in [3.8, 4) is 0 Å². The molecule has 0 aliphatic carbocycles. The largest absolute Gasteiger partial charge is 0.285 e. The van der Waals surface area contributed by atoms with Crippen molar-refractivity contribution in [1.29, 1.82) is 0 Å². The summed E-state index contributed by atoms with van der Waals surface area (Å²) in [6, 6.07) is 13.0. The van der Waals surface area contributed by atoms with Gasteiger partial charge in [0.2, 0.25) is 0 Å². The summed E-state index contributed by atoms with van der Waals surface area (Å²) in [6.45, 7) is 1.79. The van der Waals surface area contributed by atoms with Crippen molar-refractivity contribution in [3.63, 3.8) is 0 Å². The number of aryl methyl sites for hydroxylation is 1. The van der Waals surface area contributed by atoms with E-state index in [4.69, 9.17) is 12.2 Å². The summed E-state index contributed by atoms with van der Waals surface area (Å²) in [5, 5.41) is 12.1. The molecule has 1 N–H and O–H groups in total. The van der Waals surface area contributed by atoms with Crippen LogP contribution in [0.4, 0.5) is 5.69 Å². The molecule has 9 heteroatoms. The lowest BCUT2D eigenvalue weighted by Crippen LogP contribution is -2.45. The van der Waals surface area contributed by atoms with Gasteiger partial charge in [-0.3, -0.25) is 25.1 Å². The molecule has 136 valence electrons. The van der Waals surface area contributed by atoms with E-state index in [1.165, 1.54) is 18.2 Å². The summed E-state index contributed by atoms with van der Waals surface area (Å²) in [6.07, 6.45) is 1.40. The molecule has 1 heterocycles. The van der Waals surface area contributed by atoms with Crippen LogP contribution in [0.1, 0.15) is 21.5 Å². The molecular formula is C18H13N3O4S2. The Kier molecular flexibility index (Phi) is 5.33. The second kappa shape index (κ2) is 7.68. The number of para-hydroxylation sites is 1. The average Bonchev–Trinajstić information content (AvgIpc) is 2.89. The Bertz CT molecular complexity index is 1000. The highest BCUT2D eigenvalue weighted by Crippen LogP contribution is 2.33. The van der Waals surface area contributed by atoms with Gasteiger partial charge in [0.05, 0.1) is 15.4 Å². The fourth-order valence-corrected chi connectivity index (χ4v) is 3.64. The first-order valence-corrected chi connectivity index (χ1v) is 8.99. The van der Waals surface area contributed by atoms with Crippen molar-refractivity contribution < 1.29 is 14.5 Å². The van der Waals surface area contributed by atoms with Crippen LogP contribution in [-0.2, 0) is 4.79 Å². The average molecular weight is 399 g/mol. The number of carbonyl (C=O) groups excluding carboxylic acids is 2. The molecule has 0 unspecified atom stereocenters. The second-order valence-corrected chi connectivity index (χ2v) is 7.26. The van der Waals surface area contributed by atoms with Gasteiger partial charge in [-0.1, -0.05) is 42.1 Å². The fourth-order valence-electron chi connectivity index (χ4n) is 2.47. The number of thioether (sulfide) groups is 1. The SMILES string of the molecule is Cc1ccccc1C(=O)NN1C(=O)/C(=C/c2ccccc2[N+](=O)[O-])SC1=S. The van der Waals surface area contributed by atoms with Gasteiger partial charge < -0.3 is 0 Å². The molecule has 0 atom stereocenters. The summed E-state index contributed by atoms with van der Waals surface area (Å²) in [5.41, 5.74) is 3.85. The molecule has 1 aliphatic rings. The van der Waals surface area contributed by atoms with E-state index >= 15 is 0 Å². The Morgan fingerprint density at radius 2 is 1.89 bits per heavy atom. The maximum Gasteiger partial charge on any atom is 0.285 e. The molecule has 2 aromatic rings. The maximum absolute atomic E-state index is 12.6. The van der Waals surface area contributed by atoms with Crippen molar-refractivity contribution in [2.75, 3.05) is 0 Å². The van der Waals surface area contributed by atoms with Crippen molar-refractivity contribution in [2.24, 2.45) is 0 Å². The highest BCUT2D eigenvalue weighted by atomic mass is 32.2. The molecule has 1 fully saturated rings. The van der Waals surface area contributed by atoms with E-state index in [1.807, 2.05) is 0 Å². The van der Waals surface area contributed by atoms with Gasteiger partial charge >= 0.3 is 0 Å². The number of rotatable bonds is 4.